The molecule has 194 valence electrons. The fraction of sp³-hybridized carbons (Fsp3) is 0.423. The van der Waals surface area contributed by atoms with Gasteiger partial charge in [-0.2, -0.15) is 0 Å². The number of nitrogens with zero attached hydrogens (tertiary/aromatic N) is 4. The molecule has 3 aliphatic rings. The summed E-state index contributed by atoms with van der Waals surface area (Å²) in [5, 5.41) is 0. The van der Waals surface area contributed by atoms with Crippen molar-refractivity contribution in [1.82, 2.24) is 19.8 Å². The van der Waals surface area contributed by atoms with Crippen LogP contribution in [0.25, 0.3) is 21.5 Å². The van der Waals surface area contributed by atoms with Gasteiger partial charge in [-0.25, -0.2) is 8.78 Å². The molecule has 0 bridgehead atoms. The second-order valence-electron chi connectivity index (χ2n) is 10.5. The monoisotopic (exact) mass is 546 g/mol. The molecule has 3 aromatic heterocycles. The van der Waals surface area contributed by atoms with Crippen molar-refractivity contribution in [2.45, 2.75) is 39.7 Å². The van der Waals surface area contributed by atoms with Crippen LogP contribution >= 0.6 is 23.7 Å². The van der Waals surface area contributed by atoms with E-state index < -0.39 is 18.4 Å². The Morgan fingerprint density at radius 3 is 2.46 bits per heavy atom. The molecule has 7 nitrogen and oxygen atoms in total. The Morgan fingerprint density at radius 2 is 1.81 bits per heavy atom. The van der Waals surface area contributed by atoms with Gasteiger partial charge in [0.1, 0.15) is 0 Å². The standard InChI is InChI=1S/C26H24F2N4O3S.ClH/c1-13-4-7-30-20(17(13)22(33)31-9-6-26(27,28)12-31)15-5-8-29-16-10-14(36-21(15)16)11-32-23(34)18-19(24(32)35)25(18,2)3;/h4-5,7-8,10,18-19H,6,9,11-12H2,1-3H3;1H. The van der Waals surface area contributed by atoms with Gasteiger partial charge in [0, 0.05) is 35.8 Å². The van der Waals surface area contributed by atoms with Crippen LogP contribution in [0.1, 0.15) is 41.1 Å². The van der Waals surface area contributed by atoms with Gasteiger partial charge in [-0.15, -0.1) is 23.7 Å². The second kappa shape index (κ2) is 8.52. The first-order valence-electron chi connectivity index (χ1n) is 11.9. The average molecular weight is 547 g/mol. The number of pyridine rings is 2. The number of hydrogen-bond donors (Lipinski definition) is 0. The Balaban J connectivity index is 0.00000280. The number of rotatable bonds is 4. The van der Waals surface area contributed by atoms with Crippen LogP contribution in [0.3, 0.4) is 0 Å². The van der Waals surface area contributed by atoms with E-state index in [1.165, 1.54) is 21.1 Å². The van der Waals surface area contributed by atoms with Crippen molar-refractivity contribution in [1.29, 1.82) is 0 Å². The van der Waals surface area contributed by atoms with Crippen LogP contribution in [0.15, 0.2) is 30.6 Å². The molecule has 3 fully saturated rings. The molecule has 37 heavy (non-hydrogen) atoms. The number of carbonyl (C=O) groups is 3. The number of thiophene rings is 1. The normalized spacial score (nSPS) is 23.4. The van der Waals surface area contributed by atoms with Gasteiger partial charge in [-0.05, 0) is 36.1 Å². The number of amides is 3. The number of alkyl halides is 2. The molecule has 1 saturated carbocycles. The number of halogens is 3. The number of carbonyl (C=O) groups excluding carboxylic acids is 3. The van der Waals surface area contributed by atoms with E-state index in [2.05, 4.69) is 9.97 Å². The third kappa shape index (κ3) is 3.92. The van der Waals surface area contributed by atoms with E-state index in [0.29, 0.717) is 27.9 Å². The van der Waals surface area contributed by atoms with E-state index in [4.69, 9.17) is 0 Å². The Bertz CT molecular complexity index is 1450. The van der Waals surface area contributed by atoms with Crippen molar-refractivity contribution in [2.75, 3.05) is 13.1 Å². The molecule has 0 radical (unpaired) electrons. The van der Waals surface area contributed by atoms with E-state index in [0.717, 1.165) is 9.58 Å². The van der Waals surface area contributed by atoms with Gasteiger partial charge in [-0.1, -0.05) is 13.8 Å². The van der Waals surface area contributed by atoms with Gasteiger partial charge in [-0.3, -0.25) is 29.3 Å². The molecule has 0 aromatic carbocycles. The van der Waals surface area contributed by atoms with Crippen molar-refractivity contribution in [3.8, 4) is 11.3 Å². The molecule has 2 atom stereocenters. The lowest BCUT2D eigenvalue weighted by atomic mass is 10.0. The van der Waals surface area contributed by atoms with Crippen molar-refractivity contribution in [3.63, 3.8) is 0 Å². The molecule has 0 spiro atoms. The maximum atomic E-state index is 13.8. The summed E-state index contributed by atoms with van der Waals surface area (Å²) in [6.07, 6.45) is 2.85. The smallest absolute Gasteiger partial charge is 0.267 e. The zero-order valence-electron chi connectivity index (χ0n) is 20.5. The SMILES string of the molecule is Cc1ccnc(-c2ccnc3cc(CN4C(=O)C5C(C4=O)C5(C)C)sc23)c1C(=O)N1CCC(F)(F)C1.Cl. The molecule has 3 amide bonds. The first-order valence-corrected chi connectivity index (χ1v) is 12.7. The number of aromatic nitrogens is 2. The number of hydrogen-bond acceptors (Lipinski definition) is 6. The van der Waals surface area contributed by atoms with Gasteiger partial charge < -0.3 is 4.90 Å². The minimum Gasteiger partial charge on any atom is -0.332 e. The summed E-state index contributed by atoms with van der Waals surface area (Å²) in [7, 11) is 0. The van der Waals surface area contributed by atoms with Gasteiger partial charge in [0.15, 0.2) is 0 Å². The van der Waals surface area contributed by atoms with Crippen LogP contribution in [0, 0.1) is 24.2 Å². The molecule has 11 heteroatoms. The zero-order valence-corrected chi connectivity index (χ0v) is 22.1. The summed E-state index contributed by atoms with van der Waals surface area (Å²) in [6.45, 7) is 5.22. The highest BCUT2D eigenvalue weighted by Gasteiger charge is 2.72. The van der Waals surface area contributed by atoms with Crippen molar-refractivity contribution in [2.24, 2.45) is 17.3 Å². The van der Waals surface area contributed by atoms with Crippen LogP contribution in [0.2, 0.25) is 0 Å². The molecule has 0 N–H and O–H groups in total. The summed E-state index contributed by atoms with van der Waals surface area (Å²) >= 11 is 1.39. The number of likely N-dealkylation sites (tertiary alicyclic amines) is 2. The van der Waals surface area contributed by atoms with E-state index in [1.807, 2.05) is 19.9 Å². The predicted molar refractivity (Wildman–Crippen MR) is 137 cm³/mol. The lowest BCUT2D eigenvalue weighted by molar-refractivity contribution is -0.143. The van der Waals surface area contributed by atoms with Crippen LogP contribution < -0.4 is 0 Å². The third-order valence-corrected chi connectivity index (χ3v) is 8.90. The van der Waals surface area contributed by atoms with E-state index in [9.17, 15) is 23.2 Å². The fourth-order valence-electron chi connectivity index (χ4n) is 5.67. The summed E-state index contributed by atoms with van der Waals surface area (Å²) in [6, 6.07) is 5.29. The minimum absolute atomic E-state index is 0. The Labute approximate surface area is 222 Å². The first kappa shape index (κ1) is 25.7. The maximum absolute atomic E-state index is 13.8. The molecule has 6 rings (SSSR count). The second-order valence-corrected chi connectivity index (χ2v) is 11.6. The van der Waals surface area contributed by atoms with Crippen LogP contribution in [0.4, 0.5) is 8.78 Å². The molecule has 3 aromatic rings. The summed E-state index contributed by atoms with van der Waals surface area (Å²) < 4.78 is 28.4. The zero-order chi connectivity index (χ0) is 25.6. The molecule has 2 saturated heterocycles. The summed E-state index contributed by atoms with van der Waals surface area (Å²) in [4.78, 5) is 51.2. The van der Waals surface area contributed by atoms with Crippen molar-refractivity contribution in [3.05, 3.63) is 46.6 Å². The largest absolute Gasteiger partial charge is 0.332 e. The van der Waals surface area contributed by atoms with Crippen LogP contribution in [-0.4, -0.2) is 56.5 Å². The lowest BCUT2D eigenvalue weighted by Crippen LogP contribution is -2.35. The van der Waals surface area contributed by atoms with Gasteiger partial charge in [0.2, 0.25) is 11.8 Å². The Morgan fingerprint density at radius 1 is 1.14 bits per heavy atom. The minimum atomic E-state index is -2.89. The molecular weight excluding hydrogens is 522 g/mol. The van der Waals surface area contributed by atoms with Gasteiger partial charge in [0.05, 0.1) is 46.4 Å². The fourth-order valence-corrected chi connectivity index (χ4v) is 6.78. The van der Waals surface area contributed by atoms with Crippen LogP contribution in [0.5, 0.6) is 0 Å². The number of fused-ring (bicyclic) bond motifs is 2. The van der Waals surface area contributed by atoms with Crippen molar-refractivity contribution >= 4 is 51.7 Å². The highest BCUT2D eigenvalue weighted by molar-refractivity contribution is 7.19. The molecule has 1 aliphatic carbocycles. The number of aryl methyl sites for hydroxylation is 1. The highest BCUT2D eigenvalue weighted by atomic mass is 35.5. The lowest BCUT2D eigenvalue weighted by Gasteiger charge is -2.19. The third-order valence-electron chi connectivity index (χ3n) is 7.75. The van der Waals surface area contributed by atoms with E-state index in [1.54, 1.807) is 31.5 Å². The molecule has 2 unspecified atom stereocenters. The number of imide groups is 1. The quantitative estimate of drug-likeness (QED) is 0.443. The summed E-state index contributed by atoms with van der Waals surface area (Å²) in [5.41, 5.74) is 2.41. The van der Waals surface area contributed by atoms with E-state index >= 15 is 0 Å². The molecular formula is C26H25ClF2N4O3S. The maximum Gasteiger partial charge on any atom is 0.267 e. The number of piperidine rings is 1. The average Bonchev–Trinajstić information content (AvgIpc) is 3.15. The topological polar surface area (TPSA) is 83.5 Å². The van der Waals surface area contributed by atoms with E-state index in [-0.39, 0.29) is 61.0 Å². The Kier molecular flexibility index (Phi) is 5.91. The van der Waals surface area contributed by atoms with Gasteiger partial charge in [0.25, 0.3) is 11.8 Å². The molecule has 2 aliphatic heterocycles. The first-order chi connectivity index (χ1) is 17.0. The van der Waals surface area contributed by atoms with Gasteiger partial charge >= 0.3 is 0 Å². The van der Waals surface area contributed by atoms with Crippen molar-refractivity contribution < 1.29 is 23.2 Å². The highest BCUT2D eigenvalue weighted by Crippen LogP contribution is 2.63. The van der Waals surface area contributed by atoms with Crippen LogP contribution in [-0.2, 0) is 16.1 Å². The summed E-state index contributed by atoms with van der Waals surface area (Å²) in [5.74, 6) is -4.09. The Hall–Kier alpha value is -2.98. The predicted octanol–water partition coefficient (Wildman–Crippen LogP) is 4.71. The molecule has 5 heterocycles.